The van der Waals surface area contributed by atoms with Gasteiger partial charge in [-0.2, -0.15) is 0 Å². The van der Waals surface area contributed by atoms with Crippen LogP contribution in [0.4, 0.5) is 4.79 Å². The second kappa shape index (κ2) is 7.24. The molecule has 1 N–H and O–H groups in total. The van der Waals surface area contributed by atoms with E-state index in [-0.39, 0.29) is 11.6 Å². The molecule has 4 saturated carbocycles. The van der Waals surface area contributed by atoms with Crippen LogP contribution in [0.2, 0.25) is 0 Å². The molecule has 152 valence electrons. The van der Waals surface area contributed by atoms with E-state index in [0.29, 0.717) is 0 Å². The van der Waals surface area contributed by atoms with E-state index in [4.69, 9.17) is 0 Å². The molecule has 6 aliphatic rings. The van der Waals surface area contributed by atoms with E-state index in [9.17, 15) is 4.79 Å². The van der Waals surface area contributed by atoms with Crippen LogP contribution in [-0.4, -0.2) is 54.1 Å². The van der Waals surface area contributed by atoms with Crippen LogP contribution in [0.3, 0.4) is 0 Å². The second-order valence-electron chi connectivity index (χ2n) is 11.0. The molecule has 0 aromatic carbocycles. The number of carbonyl (C=O) groups excluding carboxylic acids is 1. The van der Waals surface area contributed by atoms with Crippen LogP contribution in [-0.2, 0) is 0 Å². The quantitative estimate of drug-likeness (QED) is 0.808. The topological polar surface area (TPSA) is 35.6 Å². The Labute approximate surface area is 165 Å². The molecule has 0 atom stereocenters. The number of urea groups is 1. The van der Waals surface area contributed by atoms with E-state index in [1.807, 2.05) is 0 Å². The van der Waals surface area contributed by atoms with E-state index < -0.39 is 0 Å². The predicted octanol–water partition coefficient (Wildman–Crippen LogP) is 4.11. The van der Waals surface area contributed by atoms with Crippen molar-refractivity contribution < 1.29 is 4.79 Å². The summed E-state index contributed by atoms with van der Waals surface area (Å²) in [6.07, 6.45) is 13.2. The smallest absolute Gasteiger partial charge is 0.317 e. The van der Waals surface area contributed by atoms with E-state index in [1.165, 1.54) is 83.8 Å². The zero-order chi connectivity index (χ0) is 18.4. The first-order valence-corrected chi connectivity index (χ1v) is 11.9. The third-order valence-electron chi connectivity index (χ3n) is 8.70. The number of piperidine rings is 2. The van der Waals surface area contributed by atoms with Crippen LogP contribution in [0.1, 0.15) is 71.1 Å². The third kappa shape index (κ3) is 3.88. The van der Waals surface area contributed by atoms with E-state index >= 15 is 0 Å². The molecule has 6 fully saturated rings. The van der Waals surface area contributed by atoms with E-state index in [0.717, 1.165) is 42.7 Å². The number of hydrogen-bond acceptors (Lipinski definition) is 2. The highest BCUT2D eigenvalue weighted by Gasteiger charge is 2.51. The van der Waals surface area contributed by atoms with Crippen molar-refractivity contribution in [1.29, 1.82) is 0 Å². The molecule has 0 aromatic heterocycles. The van der Waals surface area contributed by atoms with E-state index in [2.05, 4.69) is 22.0 Å². The lowest BCUT2D eigenvalue weighted by atomic mass is 9.53. The number of amides is 2. The summed E-state index contributed by atoms with van der Waals surface area (Å²) in [6.45, 7) is 8.15. The lowest BCUT2D eigenvalue weighted by molar-refractivity contribution is -0.0163. The van der Waals surface area contributed by atoms with Crippen LogP contribution >= 0.6 is 0 Å². The fourth-order valence-corrected chi connectivity index (χ4v) is 7.50. The average Bonchev–Trinajstić information content (AvgIpc) is 2.63. The largest absolute Gasteiger partial charge is 0.333 e. The summed E-state index contributed by atoms with van der Waals surface area (Å²) < 4.78 is 0. The Bertz CT molecular complexity index is 511. The average molecular weight is 374 g/mol. The maximum Gasteiger partial charge on any atom is 0.317 e. The third-order valence-corrected chi connectivity index (χ3v) is 8.70. The number of nitrogens with zero attached hydrogens (tertiary/aromatic N) is 2. The summed E-state index contributed by atoms with van der Waals surface area (Å²) in [5.74, 6) is 4.40. The van der Waals surface area contributed by atoms with Crippen molar-refractivity contribution in [3.8, 4) is 0 Å². The monoisotopic (exact) mass is 373 g/mol. The molecule has 27 heavy (non-hydrogen) atoms. The van der Waals surface area contributed by atoms with Gasteiger partial charge in [0.15, 0.2) is 0 Å². The number of carbonyl (C=O) groups is 1. The normalized spacial score (nSPS) is 40.5. The SMILES string of the molecule is CC1CCN(CC2CCN(C(=O)NC34CC5CC(CC(C5)C3)C4)CC2)CC1. The Morgan fingerprint density at radius 2 is 1.44 bits per heavy atom. The molecule has 6 rings (SSSR count). The number of nitrogens with one attached hydrogen (secondary N) is 1. The summed E-state index contributed by atoms with van der Waals surface area (Å²) >= 11 is 0. The van der Waals surface area contributed by atoms with Crippen molar-refractivity contribution in [2.75, 3.05) is 32.7 Å². The minimum absolute atomic E-state index is 0.160. The summed E-state index contributed by atoms with van der Waals surface area (Å²) in [5, 5.41) is 3.57. The van der Waals surface area contributed by atoms with Gasteiger partial charge in [0.2, 0.25) is 0 Å². The fourth-order valence-electron chi connectivity index (χ4n) is 7.50. The molecule has 0 unspecified atom stereocenters. The lowest BCUT2D eigenvalue weighted by Crippen LogP contribution is -2.62. The van der Waals surface area contributed by atoms with Crippen LogP contribution in [0.5, 0.6) is 0 Å². The van der Waals surface area contributed by atoms with Crippen molar-refractivity contribution in [2.45, 2.75) is 76.7 Å². The van der Waals surface area contributed by atoms with Gasteiger partial charge >= 0.3 is 6.03 Å². The Morgan fingerprint density at radius 1 is 0.889 bits per heavy atom. The minimum Gasteiger partial charge on any atom is -0.333 e. The molecule has 4 bridgehead atoms. The first-order valence-electron chi connectivity index (χ1n) is 11.9. The lowest BCUT2D eigenvalue weighted by Gasteiger charge is -2.57. The molecule has 4 aliphatic carbocycles. The van der Waals surface area contributed by atoms with Crippen LogP contribution in [0.15, 0.2) is 0 Å². The number of rotatable bonds is 3. The van der Waals surface area contributed by atoms with Gasteiger partial charge in [-0.25, -0.2) is 4.79 Å². The van der Waals surface area contributed by atoms with Crippen LogP contribution < -0.4 is 5.32 Å². The summed E-state index contributed by atoms with van der Waals surface area (Å²) in [4.78, 5) is 17.8. The maximum atomic E-state index is 13.0. The number of hydrogen-bond donors (Lipinski definition) is 1. The van der Waals surface area contributed by atoms with Gasteiger partial charge < -0.3 is 15.1 Å². The Kier molecular flexibility index (Phi) is 4.90. The highest BCUT2D eigenvalue weighted by molar-refractivity contribution is 5.75. The highest BCUT2D eigenvalue weighted by atomic mass is 16.2. The highest BCUT2D eigenvalue weighted by Crippen LogP contribution is 2.55. The van der Waals surface area contributed by atoms with Gasteiger partial charge in [-0.15, -0.1) is 0 Å². The van der Waals surface area contributed by atoms with Gasteiger partial charge in [0.05, 0.1) is 0 Å². The van der Waals surface area contributed by atoms with Crippen molar-refractivity contribution in [1.82, 2.24) is 15.1 Å². The van der Waals surface area contributed by atoms with Gasteiger partial charge in [0, 0.05) is 25.2 Å². The van der Waals surface area contributed by atoms with Gasteiger partial charge in [-0.05, 0) is 107 Å². The molecule has 4 heteroatoms. The van der Waals surface area contributed by atoms with Crippen molar-refractivity contribution in [3.05, 3.63) is 0 Å². The van der Waals surface area contributed by atoms with Crippen molar-refractivity contribution in [3.63, 3.8) is 0 Å². The molecule has 4 nitrogen and oxygen atoms in total. The van der Waals surface area contributed by atoms with Crippen LogP contribution in [0, 0.1) is 29.6 Å². The van der Waals surface area contributed by atoms with Crippen molar-refractivity contribution in [2.24, 2.45) is 29.6 Å². The standard InChI is InChI=1S/C23H39N3O/c1-17-2-6-25(7-3-17)16-18-4-8-26(9-5-18)22(27)24-23-13-19-10-20(14-23)12-21(11-19)15-23/h17-21H,2-16H2,1H3,(H,24,27). The maximum absolute atomic E-state index is 13.0. The van der Waals surface area contributed by atoms with Gasteiger partial charge in [-0.3, -0.25) is 0 Å². The van der Waals surface area contributed by atoms with Gasteiger partial charge in [0.25, 0.3) is 0 Å². The molecule has 0 spiro atoms. The molecule has 0 radical (unpaired) electrons. The Hall–Kier alpha value is -0.770. The van der Waals surface area contributed by atoms with Gasteiger partial charge in [-0.1, -0.05) is 6.92 Å². The molecule has 2 saturated heterocycles. The molecule has 2 aliphatic heterocycles. The molecule has 2 heterocycles. The Morgan fingerprint density at radius 3 is 2.00 bits per heavy atom. The minimum atomic E-state index is 0.160. The summed E-state index contributed by atoms with van der Waals surface area (Å²) in [7, 11) is 0. The first-order chi connectivity index (χ1) is 13.1. The summed E-state index contributed by atoms with van der Waals surface area (Å²) in [5.41, 5.74) is 0.160. The molecular formula is C23H39N3O. The summed E-state index contributed by atoms with van der Waals surface area (Å²) in [6, 6.07) is 0.252. The van der Waals surface area contributed by atoms with E-state index in [1.54, 1.807) is 0 Å². The zero-order valence-corrected chi connectivity index (χ0v) is 17.3. The van der Waals surface area contributed by atoms with Crippen molar-refractivity contribution >= 4 is 6.03 Å². The second-order valence-corrected chi connectivity index (χ2v) is 11.0. The van der Waals surface area contributed by atoms with Crippen LogP contribution in [0.25, 0.3) is 0 Å². The zero-order valence-electron chi connectivity index (χ0n) is 17.3. The molecule has 2 amide bonds. The van der Waals surface area contributed by atoms with Gasteiger partial charge in [0.1, 0.15) is 0 Å². The molecule has 0 aromatic rings. The first kappa shape index (κ1) is 18.3. The molecular weight excluding hydrogens is 334 g/mol. The Balaban J connectivity index is 1.10. The predicted molar refractivity (Wildman–Crippen MR) is 109 cm³/mol. The number of likely N-dealkylation sites (tertiary alicyclic amines) is 2. The fraction of sp³-hybridized carbons (Fsp3) is 0.957.